The predicted octanol–water partition coefficient (Wildman–Crippen LogP) is 7.81. The highest BCUT2D eigenvalue weighted by Crippen LogP contribution is 2.19. The standard InChI is InChI=1S/C14H9FN4.C13H9BrFN3.C6H3Br2N3/c15-12-4-2-1-3-10(12)7-13-14-17-5-6-19(14)9-11(8-16)18-13;14-12-8-18-6-5-16-13(18)11(17-12)7-9-3-1-2-4-10(9)15;7-4-3-11-2-1-9-6(11)5(8)10-4/h1-6,9H,7H2;1-6,8H,7H2;1-3H. The summed E-state index contributed by atoms with van der Waals surface area (Å²) in [4.78, 5) is 25.2. The second-order valence-corrected chi connectivity index (χ2v) is 12.4. The molecule has 15 heteroatoms. The molecular weight excluding hydrogens is 814 g/mol. The number of fused-ring (bicyclic) bond motifs is 3. The van der Waals surface area contributed by atoms with Crippen molar-refractivity contribution in [3.63, 3.8) is 0 Å². The van der Waals surface area contributed by atoms with Gasteiger partial charge in [0.1, 0.15) is 26.9 Å². The van der Waals surface area contributed by atoms with E-state index in [1.54, 1.807) is 65.7 Å². The van der Waals surface area contributed by atoms with Gasteiger partial charge in [-0.2, -0.15) is 5.26 Å². The van der Waals surface area contributed by atoms with E-state index in [-0.39, 0.29) is 17.3 Å². The van der Waals surface area contributed by atoms with Crippen LogP contribution >= 0.6 is 47.8 Å². The Kier molecular flexibility index (Phi) is 10.2. The fourth-order valence-electron chi connectivity index (χ4n) is 4.76. The van der Waals surface area contributed by atoms with E-state index in [9.17, 15) is 8.78 Å². The van der Waals surface area contributed by atoms with Crippen LogP contribution in [-0.4, -0.2) is 43.1 Å². The van der Waals surface area contributed by atoms with Gasteiger partial charge in [0.05, 0.1) is 11.4 Å². The fraction of sp³-hybridized carbons (Fsp3) is 0.0606. The topological polar surface area (TPSA) is 114 Å². The number of aromatic nitrogens is 9. The molecule has 0 spiro atoms. The zero-order chi connectivity index (χ0) is 33.6. The van der Waals surface area contributed by atoms with Crippen molar-refractivity contribution in [1.82, 2.24) is 43.1 Å². The van der Waals surface area contributed by atoms with Gasteiger partial charge in [-0.15, -0.1) is 0 Å². The van der Waals surface area contributed by atoms with Crippen LogP contribution in [-0.2, 0) is 12.8 Å². The summed E-state index contributed by atoms with van der Waals surface area (Å²) >= 11 is 9.93. The minimum absolute atomic E-state index is 0.219. The van der Waals surface area contributed by atoms with Crippen molar-refractivity contribution < 1.29 is 8.78 Å². The molecule has 10 nitrogen and oxygen atoms in total. The summed E-state index contributed by atoms with van der Waals surface area (Å²) in [6, 6.07) is 15.2. The second-order valence-electron chi connectivity index (χ2n) is 10.1. The molecule has 8 rings (SSSR count). The first-order valence-corrected chi connectivity index (χ1v) is 16.5. The Balaban J connectivity index is 0.000000130. The van der Waals surface area contributed by atoms with E-state index in [1.807, 2.05) is 45.7 Å². The maximum absolute atomic E-state index is 13.7. The van der Waals surface area contributed by atoms with Crippen molar-refractivity contribution >= 4 is 64.7 Å². The number of benzene rings is 2. The molecule has 0 aliphatic rings. The first-order valence-electron chi connectivity index (χ1n) is 14.1. The molecule has 0 aliphatic carbocycles. The normalized spacial score (nSPS) is 10.8. The average molecular weight is 835 g/mol. The summed E-state index contributed by atoms with van der Waals surface area (Å²) in [6.07, 6.45) is 16.5. The molecule has 0 atom stereocenters. The smallest absolute Gasteiger partial charge is 0.170 e. The Labute approximate surface area is 297 Å². The summed E-state index contributed by atoms with van der Waals surface area (Å²) in [5, 5.41) is 8.96. The molecule has 0 amide bonds. The third-order valence-electron chi connectivity index (χ3n) is 6.91. The van der Waals surface area contributed by atoms with Crippen LogP contribution < -0.4 is 0 Å². The molecule has 2 aromatic carbocycles. The molecule has 0 fully saturated rings. The number of nitrogens with zero attached hydrogens (tertiary/aromatic N) is 10. The zero-order valence-corrected chi connectivity index (χ0v) is 29.3. The predicted molar refractivity (Wildman–Crippen MR) is 185 cm³/mol. The first-order chi connectivity index (χ1) is 23.3. The van der Waals surface area contributed by atoms with E-state index in [1.165, 1.54) is 12.1 Å². The molecule has 0 N–H and O–H groups in total. The zero-order valence-electron chi connectivity index (χ0n) is 24.6. The molecule has 48 heavy (non-hydrogen) atoms. The lowest BCUT2D eigenvalue weighted by atomic mass is 10.1. The average Bonchev–Trinajstić information content (AvgIpc) is 3.85. The summed E-state index contributed by atoms with van der Waals surface area (Å²) in [5.41, 5.74) is 5.00. The molecule has 8 aromatic rings. The molecule has 0 radical (unpaired) electrons. The third-order valence-corrected chi connectivity index (χ3v) is 8.20. The van der Waals surface area contributed by atoms with Gasteiger partial charge in [0.15, 0.2) is 27.2 Å². The highest BCUT2D eigenvalue weighted by Gasteiger charge is 2.12. The van der Waals surface area contributed by atoms with Gasteiger partial charge >= 0.3 is 0 Å². The van der Waals surface area contributed by atoms with Crippen molar-refractivity contribution in [3.8, 4) is 6.07 Å². The lowest BCUT2D eigenvalue weighted by molar-refractivity contribution is 0.613. The van der Waals surface area contributed by atoms with E-state index in [0.29, 0.717) is 39.9 Å². The molecule has 238 valence electrons. The van der Waals surface area contributed by atoms with Gasteiger partial charge in [-0.25, -0.2) is 38.7 Å². The van der Waals surface area contributed by atoms with E-state index in [4.69, 9.17) is 5.26 Å². The Hall–Kier alpha value is -4.91. The highest BCUT2D eigenvalue weighted by atomic mass is 79.9. The maximum Gasteiger partial charge on any atom is 0.170 e. The molecule has 0 unspecified atom stereocenters. The molecule has 0 saturated carbocycles. The van der Waals surface area contributed by atoms with Crippen molar-refractivity contribution in [3.05, 3.63) is 158 Å². The molecule has 0 saturated heterocycles. The van der Waals surface area contributed by atoms with Crippen LogP contribution in [0.25, 0.3) is 16.9 Å². The molecular formula is C33H21Br3F2N10. The molecule has 0 bridgehead atoms. The number of halogens is 5. The Morgan fingerprint density at radius 2 is 1.06 bits per heavy atom. The Morgan fingerprint density at radius 1 is 0.604 bits per heavy atom. The lowest BCUT2D eigenvalue weighted by Gasteiger charge is -2.05. The lowest BCUT2D eigenvalue weighted by Crippen LogP contribution is -2.02. The molecule has 0 aliphatic heterocycles. The van der Waals surface area contributed by atoms with Gasteiger partial charge in [-0.05, 0) is 71.0 Å². The van der Waals surface area contributed by atoms with Gasteiger partial charge in [0.25, 0.3) is 0 Å². The van der Waals surface area contributed by atoms with Crippen molar-refractivity contribution in [1.29, 1.82) is 5.26 Å². The SMILES string of the molecule is Brc1cn2ccnc2c(Br)n1.Fc1ccccc1Cc1nc(Br)cn2ccnc12.N#Cc1cn2ccnc2c(Cc2ccccc2F)n1. The van der Waals surface area contributed by atoms with Crippen LogP contribution in [0, 0.1) is 23.0 Å². The minimum Gasteiger partial charge on any atom is -0.303 e. The highest BCUT2D eigenvalue weighted by molar-refractivity contribution is 9.11. The van der Waals surface area contributed by atoms with Crippen LogP contribution in [0.2, 0.25) is 0 Å². The quantitative estimate of drug-likeness (QED) is 0.178. The summed E-state index contributed by atoms with van der Waals surface area (Å²) < 4.78 is 35.0. The summed E-state index contributed by atoms with van der Waals surface area (Å²) in [6.45, 7) is 0. The van der Waals surface area contributed by atoms with Crippen molar-refractivity contribution in [2.24, 2.45) is 0 Å². The van der Waals surface area contributed by atoms with Crippen LogP contribution in [0.15, 0.2) is 118 Å². The van der Waals surface area contributed by atoms with Crippen LogP contribution in [0.1, 0.15) is 28.2 Å². The number of hydrogen-bond donors (Lipinski definition) is 0. The van der Waals surface area contributed by atoms with E-state index >= 15 is 0 Å². The number of rotatable bonds is 4. The number of hydrogen-bond acceptors (Lipinski definition) is 7. The van der Waals surface area contributed by atoms with E-state index in [0.717, 1.165) is 26.2 Å². The number of imidazole rings is 3. The monoisotopic (exact) mass is 832 g/mol. The largest absolute Gasteiger partial charge is 0.303 e. The molecule has 6 aromatic heterocycles. The van der Waals surface area contributed by atoms with Crippen LogP contribution in [0.5, 0.6) is 0 Å². The van der Waals surface area contributed by atoms with Gasteiger partial charge in [0, 0.05) is 68.6 Å². The van der Waals surface area contributed by atoms with E-state index < -0.39 is 0 Å². The first kappa shape index (κ1) is 33.0. The molecule has 6 heterocycles. The Bertz CT molecular complexity index is 2420. The maximum atomic E-state index is 13.7. The van der Waals surface area contributed by atoms with Crippen molar-refractivity contribution in [2.75, 3.05) is 0 Å². The third kappa shape index (κ3) is 7.62. The van der Waals surface area contributed by atoms with Gasteiger partial charge < -0.3 is 13.2 Å². The van der Waals surface area contributed by atoms with Gasteiger partial charge in [-0.3, -0.25) is 0 Å². The van der Waals surface area contributed by atoms with Gasteiger partial charge in [0.2, 0.25) is 0 Å². The number of nitriles is 1. The van der Waals surface area contributed by atoms with Crippen LogP contribution in [0.3, 0.4) is 0 Å². The summed E-state index contributed by atoms with van der Waals surface area (Å²) in [5.74, 6) is -0.500. The van der Waals surface area contributed by atoms with Crippen molar-refractivity contribution in [2.45, 2.75) is 12.8 Å². The Morgan fingerprint density at radius 3 is 1.60 bits per heavy atom. The van der Waals surface area contributed by atoms with Crippen LogP contribution in [0.4, 0.5) is 8.78 Å². The minimum atomic E-state index is -0.281. The second kappa shape index (κ2) is 14.9. The summed E-state index contributed by atoms with van der Waals surface area (Å²) in [7, 11) is 0. The van der Waals surface area contributed by atoms with Gasteiger partial charge in [-0.1, -0.05) is 36.4 Å². The fourth-order valence-corrected chi connectivity index (χ4v) is 6.33. The van der Waals surface area contributed by atoms with E-state index in [2.05, 4.69) is 77.7 Å².